The van der Waals surface area contributed by atoms with Gasteiger partial charge in [0, 0.05) is 43.2 Å². The topological polar surface area (TPSA) is 112 Å². The quantitative estimate of drug-likeness (QED) is 0.194. The number of allylic oxidation sites excluding steroid dienone is 2. The zero-order valence-electron chi connectivity index (χ0n) is 36.8. The van der Waals surface area contributed by atoms with E-state index in [-0.39, 0.29) is 79.9 Å². The standard InChI is InChI=1S/C50H73NO5/c1-31(2)41-39(54)30-50(35(25-32(3)52)27-36(51)26-33-15-13-12-14-16-33)24-22-46(8)38(42(41)50)17-18-40-47(46,9)21-23-49(11)45(6,7)34(19-20-48(40,49)10)28-37(53)29-44(4,5)43(55)56/h12-16,31,34-35,38,40,51H,17-30H2,1-11H3,(H,55,56). The van der Waals surface area contributed by atoms with Crippen molar-refractivity contribution in [2.45, 2.75) is 166 Å². The van der Waals surface area contributed by atoms with Gasteiger partial charge in [-0.1, -0.05) is 91.3 Å². The fourth-order valence-corrected chi connectivity index (χ4v) is 14.8. The van der Waals surface area contributed by atoms with E-state index in [1.807, 2.05) is 18.2 Å². The Balaban J connectivity index is 1.34. The fourth-order valence-electron chi connectivity index (χ4n) is 14.8. The lowest BCUT2D eigenvalue weighted by atomic mass is 9.29. The number of carboxylic acids is 1. The first-order valence-electron chi connectivity index (χ1n) is 22.0. The number of Topliss-reactive ketones (excluding diaryl/α,β-unsaturated/α-hetero) is 3. The van der Waals surface area contributed by atoms with Gasteiger partial charge in [-0.15, -0.1) is 0 Å². The molecule has 4 saturated carbocycles. The first-order valence-corrected chi connectivity index (χ1v) is 22.0. The van der Waals surface area contributed by atoms with Gasteiger partial charge in [0.25, 0.3) is 0 Å². The molecule has 0 heterocycles. The Morgan fingerprint density at radius 2 is 1.50 bits per heavy atom. The number of aliphatic carboxylic acids is 1. The van der Waals surface area contributed by atoms with Crippen LogP contribution < -0.4 is 0 Å². The Morgan fingerprint density at radius 1 is 0.857 bits per heavy atom. The number of carbonyl (C=O) groups is 4. The summed E-state index contributed by atoms with van der Waals surface area (Å²) in [5, 5.41) is 19.0. The summed E-state index contributed by atoms with van der Waals surface area (Å²) in [5.41, 5.74) is 2.76. The predicted molar refractivity (Wildman–Crippen MR) is 224 cm³/mol. The SMILES string of the molecule is CC(=O)CC(CC(=N)Cc1ccccc1)C12CCC3(C)C(CCC4C3(C)CCC3(C)C(C)(C)C(CC(=O)CC(C)(C)C(=O)O)CCC43C)C1=C(C(C)C)C(=O)C2. The zero-order chi connectivity index (χ0) is 41.4. The largest absolute Gasteiger partial charge is 0.481 e. The van der Waals surface area contributed by atoms with Crippen LogP contribution >= 0.6 is 0 Å². The van der Waals surface area contributed by atoms with Crippen molar-refractivity contribution in [3.05, 3.63) is 47.0 Å². The van der Waals surface area contributed by atoms with Gasteiger partial charge in [0.05, 0.1) is 5.41 Å². The van der Waals surface area contributed by atoms with E-state index in [4.69, 9.17) is 0 Å². The second-order valence-electron chi connectivity index (χ2n) is 22.1. The van der Waals surface area contributed by atoms with Crippen LogP contribution in [0.15, 0.2) is 41.5 Å². The molecule has 9 atom stereocenters. The molecule has 56 heavy (non-hydrogen) atoms. The maximum absolute atomic E-state index is 14.4. The molecule has 0 bridgehead atoms. The summed E-state index contributed by atoms with van der Waals surface area (Å²) in [7, 11) is 0. The van der Waals surface area contributed by atoms with Crippen LogP contribution in [0.1, 0.15) is 165 Å². The number of rotatable bonds is 13. The molecule has 1 aromatic rings. The maximum atomic E-state index is 14.4. The van der Waals surface area contributed by atoms with Crippen molar-refractivity contribution in [3.63, 3.8) is 0 Å². The Hall–Kier alpha value is -2.89. The van der Waals surface area contributed by atoms with Crippen molar-refractivity contribution in [3.8, 4) is 0 Å². The van der Waals surface area contributed by atoms with Gasteiger partial charge in [-0.05, 0) is 146 Å². The second kappa shape index (κ2) is 14.4. The number of ketones is 3. The van der Waals surface area contributed by atoms with Crippen LogP contribution in [0.5, 0.6) is 0 Å². The molecule has 6 nitrogen and oxygen atoms in total. The summed E-state index contributed by atoms with van der Waals surface area (Å²) in [6.07, 6.45) is 10.8. The Bertz CT molecular complexity index is 1800. The number of fused-ring (bicyclic) bond motifs is 7. The normalized spacial score (nSPS) is 36.9. The van der Waals surface area contributed by atoms with E-state index in [1.165, 1.54) is 5.57 Å². The highest BCUT2D eigenvalue weighted by Gasteiger charge is 2.73. The minimum atomic E-state index is -1.06. The molecular formula is C50H73NO5. The number of hydrogen-bond donors (Lipinski definition) is 2. The smallest absolute Gasteiger partial charge is 0.309 e. The highest BCUT2D eigenvalue weighted by molar-refractivity contribution is 6.01. The molecule has 6 heteroatoms. The summed E-state index contributed by atoms with van der Waals surface area (Å²) >= 11 is 0. The van der Waals surface area contributed by atoms with E-state index in [0.717, 1.165) is 62.5 Å². The molecule has 0 aliphatic heterocycles. The molecule has 9 unspecified atom stereocenters. The summed E-state index contributed by atoms with van der Waals surface area (Å²) in [4.78, 5) is 52.9. The fraction of sp³-hybridized carbons (Fsp3) is 0.740. The van der Waals surface area contributed by atoms with Crippen LogP contribution in [0.2, 0.25) is 0 Å². The summed E-state index contributed by atoms with van der Waals surface area (Å²) in [6.45, 7) is 24.5. The number of carbonyl (C=O) groups excluding carboxylic acids is 3. The number of hydrogen-bond acceptors (Lipinski definition) is 5. The Kier molecular flexibility index (Phi) is 11.0. The van der Waals surface area contributed by atoms with E-state index < -0.39 is 11.4 Å². The van der Waals surface area contributed by atoms with E-state index in [9.17, 15) is 29.7 Å². The van der Waals surface area contributed by atoms with Crippen molar-refractivity contribution in [1.29, 1.82) is 5.41 Å². The first kappa shape index (κ1) is 42.7. The molecule has 4 fully saturated rings. The molecule has 6 rings (SSSR count). The third-order valence-electron chi connectivity index (χ3n) is 18.6. The lowest BCUT2D eigenvalue weighted by molar-refractivity contribution is -0.261. The predicted octanol–water partition coefficient (Wildman–Crippen LogP) is 11.7. The van der Waals surface area contributed by atoms with Crippen LogP contribution in [0, 0.1) is 72.9 Å². The number of benzene rings is 1. The molecule has 308 valence electrons. The van der Waals surface area contributed by atoms with Crippen LogP contribution in [-0.4, -0.2) is 34.1 Å². The molecule has 0 aromatic heterocycles. The second-order valence-corrected chi connectivity index (χ2v) is 22.1. The van der Waals surface area contributed by atoms with Crippen molar-refractivity contribution in [2.24, 2.45) is 67.5 Å². The summed E-state index contributed by atoms with van der Waals surface area (Å²) in [5.74, 6) is 0.610. The minimum absolute atomic E-state index is 0.00862. The number of carboxylic acid groups (broad SMARTS) is 1. The van der Waals surface area contributed by atoms with Gasteiger partial charge in [-0.25, -0.2) is 0 Å². The average molecular weight is 768 g/mol. The average Bonchev–Trinajstić information content (AvgIpc) is 3.41. The van der Waals surface area contributed by atoms with Crippen LogP contribution in [0.25, 0.3) is 0 Å². The number of nitrogens with one attached hydrogen (secondary N) is 1. The minimum Gasteiger partial charge on any atom is -0.481 e. The van der Waals surface area contributed by atoms with E-state index in [0.29, 0.717) is 43.7 Å². The van der Waals surface area contributed by atoms with Gasteiger partial charge in [-0.2, -0.15) is 0 Å². The molecule has 0 spiro atoms. The zero-order valence-corrected chi connectivity index (χ0v) is 36.8. The molecule has 1 aromatic carbocycles. The highest BCUT2D eigenvalue weighted by Crippen LogP contribution is 2.80. The van der Waals surface area contributed by atoms with Gasteiger partial charge >= 0.3 is 5.97 Å². The Labute approximate surface area is 338 Å². The van der Waals surface area contributed by atoms with E-state index >= 15 is 0 Å². The van der Waals surface area contributed by atoms with Crippen LogP contribution in [0.4, 0.5) is 0 Å². The Morgan fingerprint density at radius 3 is 2.11 bits per heavy atom. The van der Waals surface area contributed by atoms with E-state index in [1.54, 1.807) is 20.8 Å². The van der Waals surface area contributed by atoms with E-state index in [2.05, 4.69) is 67.5 Å². The van der Waals surface area contributed by atoms with Gasteiger partial charge in [0.15, 0.2) is 5.78 Å². The van der Waals surface area contributed by atoms with Gasteiger partial charge in [0.1, 0.15) is 11.6 Å². The summed E-state index contributed by atoms with van der Waals surface area (Å²) in [6, 6.07) is 10.2. The lowest BCUT2D eigenvalue weighted by Gasteiger charge is -2.76. The lowest BCUT2D eigenvalue weighted by Crippen LogP contribution is -2.68. The molecule has 0 radical (unpaired) electrons. The maximum Gasteiger partial charge on any atom is 0.309 e. The van der Waals surface area contributed by atoms with Crippen molar-refractivity contribution in [2.75, 3.05) is 0 Å². The molecular weight excluding hydrogens is 695 g/mol. The first-order chi connectivity index (χ1) is 25.9. The van der Waals surface area contributed by atoms with Gasteiger partial charge < -0.3 is 15.3 Å². The van der Waals surface area contributed by atoms with Crippen molar-refractivity contribution in [1.82, 2.24) is 0 Å². The third kappa shape index (κ3) is 6.45. The van der Waals surface area contributed by atoms with Crippen molar-refractivity contribution >= 4 is 29.0 Å². The van der Waals surface area contributed by atoms with Crippen LogP contribution in [0.3, 0.4) is 0 Å². The monoisotopic (exact) mass is 768 g/mol. The molecule has 5 aliphatic rings. The van der Waals surface area contributed by atoms with Crippen LogP contribution in [-0.2, 0) is 25.6 Å². The molecule has 0 amide bonds. The highest BCUT2D eigenvalue weighted by atomic mass is 16.4. The molecule has 0 saturated heterocycles. The van der Waals surface area contributed by atoms with Gasteiger partial charge in [-0.3, -0.25) is 14.4 Å². The molecule has 5 aliphatic carbocycles. The van der Waals surface area contributed by atoms with Gasteiger partial charge in [0.2, 0.25) is 0 Å². The third-order valence-corrected chi connectivity index (χ3v) is 18.6. The van der Waals surface area contributed by atoms with Crippen molar-refractivity contribution < 1.29 is 24.3 Å². The molecule has 2 N–H and O–H groups in total. The summed E-state index contributed by atoms with van der Waals surface area (Å²) < 4.78 is 0.